The summed E-state index contributed by atoms with van der Waals surface area (Å²) in [7, 11) is 1.67. The maximum atomic E-state index is 13.0. The summed E-state index contributed by atoms with van der Waals surface area (Å²) in [5, 5.41) is 9.63. The first-order valence-corrected chi connectivity index (χ1v) is 10.9. The van der Waals surface area contributed by atoms with Gasteiger partial charge in [-0.25, -0.2) is 9.79 Å². The van der Waals surface area contributed by atoms with Gasteiger partial charge in [0.25, 0.3) is 5.91 Å². The molecule has 162 valence electrons. The van der Waals surface area contributed by atoms with Crippen LogP contribution in [-0.4, -0.2) is 40.7 Å². The molecule has 0 aliphatic carbocycles. The molecule has 2 aromatic rings. The van der Waals surface area contributed by atoms with E-state index in [1.54, 1.807) is 24.1 Å². The summed E-state index contributed by atoms with van der Waals surface area (Å²) in [5.41, 5.74) is 3.89. The summed E-state index contributed by atoms with van der Waals surface area (Å²) < 4.78 is 5.52. The van der Waals surface area contributed by atoms with Crippen molar-refractivity contribution in [1.29, 1.82) is 0 Å². The predicted octanol–water partition coefficient (Wildman–Crippen LogP) is 5.45. The summed E-state index contributed by atoms with van der Waals surface area (Å²) in [6, 6.07) is 10.4. The Kier molecular flexibility index (Phi) is 6.85. The van der Waals surface area contributed by atoms with E-state index in [9.17, 15) is 9.59 Å². The fraction of sp³-hybridized carbons (Fsp3) is 0.292. The normalized spacial score (nSPS) is 16.6. The first-order chi connectivity index (χ1) is 14.7. The smallest absolute Gasteiger partial charge is 0.335 e. The van der Waals surface area contributed by atoms with Gasteiger partial charge in [-0.1, -0.05) is 13.8 Å². The van der Waals surface area contributed by atoms with Gasteiger partial charge >= 0.3 is 5.97 Å². The number of amidine groups is 1. The zero-order chi connectivity index (χ0) is 22.7. The average molecular weight is 439 g/mol. The number of nitrogens with zero attached hydrogens (tertiary/aromatic N) is 2. The maximum absolute atomic E-state index is 13.0. The molecular formula is C24H26N2O4S. The van der Waals surface area contributed by atoms with Crippen molar-refractivity contribution in [2.75, 3.05) is 13.7 Å². The van der Waals surface area contributed by atoms with Gasteiger partial charge < -0.3 is 9.84 Å². The van der Waals surface area contributed by atoms with Gasteiger partial charge in [0.1, 0.15) is 5.75 Å². The molecule has 1 fully saturated rings. The molecule has 1 aliphatic heterocycles. The van der Waals surface area contributed by atoms with Crippen LogP contribution < -0.4 is 4.74 Å². The van der Waals surface area contributed by atoms with Crippen LogP contribution >= 0.6 is 11.8 Å². The number of hydrogen-bond acceptors (Lipinski definition) is 5. The maximum Gasteiger partial charge on any atom is 0.335 e. The summed E-state index contributed by atoms with van der Waals surface area (Å²) in [4.78, 5) is 30.8. The lowest BCUT2D eigenvalue weighted by molar-refractivity contribution is -0.122. The Morgan fingerprint density at radius 3 is 2.48 bits per heavy atom. The first-order valence-electron chi connectivity index (χ1n) is 10.1. The minimum absolute atomic E-state index is 0.0882. The van der Waals surface area contributed by atoms with Crippen molar-refractivity contribution in [3.05, 3.63) is 63.6 Å². The third-order valence-corrected chi connectivity index (χ3v) is 6.08. The van der Waals surface area contributed by atoms with E-state index in [-0.39, 0.29) is 17.4 Å². The second-order valence-electron chi connectivity index (χ2n) is 7.51. The van der Waals surface area contributed by atoms with Gasteiger partial charge in [-0.3, -0.25) is 9.69 Å². The lowest BCUT2D eigenvalue weighted by Crippen LogP contribution is -2.28. The quantitative estimate of drug-likeness (QED) is 0.607. The molecule has 1 aliphatic rings. The Morgan fingerprint density at radius 2 is 1.94 bits per heavy atom. The van der Waals surface area contributed by atoms with Gasteiger partial charge in [0, 0.05) is 6.54 Å². The summed E-state index contributed by atoms with van der Waals surface area (Å²) in [6.45, 7) is 8.62. The van der Waals surface area contributed by atoms with Gasteiger partial charge in [-0.05, 0) is 90.7 Å². The molecule has 0 spiro atoms. The SMILES string of the molecule is CCN1C(=O)C(=Cc2cc(C(C)C)c(OC)cc2C)SC1=Nc1ccc(C(=O)O)cc1. The molecule has 0 saturated carbocycles. The molecule has 1 heterocycles. The number of carbonyl (C=O) groups excluding carboxylic acids is 1. The number of hydrogen-bond donors (Lipinski definition) is 1. The molecule has 0 aromatic heterocycles. The van der Waals surface area contributed by atoms with Gasteiger partial charge in [0.05, 0.1) is 23.3 Å². The van der Waals surface area contributed by atoms with Crippen LogP contribution in [0, 0.1) is 6.92 Å². The van der Waals surface area contributed by atoms with Gasteiger partial charge in [-0.15, -0.1) is 0 Å². The Labute approximate surface area is 186 Å². The molecule has 2 aromatic carbocycles. The van der Waals surface area contributed by atoms with Gasteiger partial charge in [0.15, 0.2) is 5.17 Å². The third kappa shape index (κ3) is 4.82. The highest BCUT2D eigenvalue weighted by atomic mass is 32.2. The monoisotopic (exact) mass is 438 g/mol. The minimum atomic E-state index is -0.986. The predicted molar refractivity (Wildman–Crippen MR) is 125 cm³/mol. The number of carbonyl (C=O) groups is 2. The molecule has 0 unspecified atom stereocenters. The van der Waals surface area contributed by atoms with Crippen molar-refractivity contribution in [2.45, 2.75) is 33.6 Å². The van der Waals surface area contributed by atoms with Crippen molar-refractivity contribution in [3.8, 4) is 5.75 Å². The van der Waals surface area contributed by atoms with E-state index in [0.717, 1.165) is 22.4 Å². The van der Waals surface area contributed by atoms with E-state index >= 15 is 0 Å². The summed E-state index contributed by atoms with van der Waals surface area (Å²) in [5.74, 6) is 0.0651. The number of aliphatic imine (C=N–C) groups is 1. The van der Waals surface area contributed by atoms with Crippen molar-refractivity contribution in [2.24, 2.45) is 4.99 Å². The van der Waals surface area contributed by atoms with E-state index in [1.807, 2.05) is 26.0 Å². The van der Waals surface area contributed by atoms with Gasteiger partial charge in [-0.2, -0.15) is 0 Å². The van der Waals surface area contributed by atoms with Crippen LogP contribution in [0.15, 0.2) is 46.3 Å². The zero-order valence-corrected chi connectivity index (χ0v) is 19.1. The largest absolute Gasteiger partial charge is 0.496 e. The first kappa shape index (κ1) is 22.6. The molecule has 1 N–H and O–H groups in total. The van der Waals surface area contributed by atoms with Crippen LogP contribution in [-0.2, 0) is 4.79 Å². The average Bonchev–Trinajstić information content (AvgIpc) is 3.03. The zero-order valence-electron chi connectivity index (χ0n) is 18.3. The van der Waals surface area contributed by atoms with Gasteiger partial charge in [0.2, 0.25) is 0 Å². The molecule has 0 atom stereocenters. The van der Waals surface area contributed by atoms with Crippen molar-refractivity contribution < 1.29 is 19.4 Å². The molecule has 31 heavy (non-hydrogen) atoms. The Morgan fingerprint density at radius 1 is 1.26 bits per heavy atom. The van der Waals surface area contributed by atoms with Crippen LogP contribution in [0.25, 0.3) is 6.08 Å². The highest BCUT2D eigenvalue weighted by Gasteiger charge is 2.32. The highest BCUT2D eigenvalue weighted by Crippen LogP contribution is 2.36. The number of aryl methyl sites for hydroxylation is 1. The number of thioether (sulfide) groups is 1. The molecule has 7 heteroatoms. The highest BCUT2D eigenvalue weighted by molar-refractivity contribution is 8.18. The van der Waals surface area contributed by atoms with Crippen LogP contribution in [0.3, 0.4) is 0 Å². The van der Waals surface area contributed by atoms with Crippen LogP contribution in [0.1, 0.15) is 53.7 Å². The van der Waals surface area contributed by atoms with Crippen LogP contribution in [0.5, 0.6) is 5.75 Å². The number of aromatic carboxylic acids is 1. The van der Waals surface area contributed by atoms with E-state index < -0.39 is 5.97 Å². The number of benzene rings is 2. The molecule has 3 rings (SSSR count). The Bertz CT molecular complexity index is 1070. The lowest BCUT2D eigenvalue weighted by Gasteiger charge is -2.15. The molecule has 1 saturated heterocycles. The van der Waals surface area contributed by atoms with Crippen LogP contribution in [0.2, 0.25) is 0 Å². The fourth-order valence-electron chi connectivity index (χ4n) is 3.30. The number of amides is 1. The lowest BCUT2D eigenvalue weighted by atomic mass is 9.96. The Balaban J connectivity index is 1.97. The summed E-state index contributed by atoms with van der Waals surface area (Å²) >= 11 is 1.32. The number of methoxy groups -OCH3 is 1. The number of rotatable bonds is 6. The minimum Gasteiger partial charge on any atom is -0.496 e. The fourth-order valence-corrected chi connectivity index (χ4v) is 4.35. The third-order valence-electron chi connectivity index (χ3n) is 5.07. The van der Waals surface area contributed by atoms with E-state index in [4.69, 9.17) is 9.84 Å². The second kappa shape index (κ2) is 9.39. The molecular weight excluding hydrogens is 412 g/mol. The van der Waals surface area contributed by atoms with Crippen molar-refractivity contribution in [1.82, 2.24) is 4.90 Å². The molecule has 0 bridgehead atoms. The number of ether oxygens (including phenoxy) is 1. The van der Waals surface area contributed by atoms with E-state index in [2.05, 4.69) is 24.9 Å². The number of carboxylic acids is 1. The molecule has 6 nitrogen and oxygen atoms in total. The standard InChI is InChI=1S/C24H26N2O4S/c1-6-26-22(27)21(13-17-12-19(14(2)3)20(30-5)11-15(17)4)31-24(26)25-18-9-7-16(8-10-18)23(28)29/h7-14H,6H2,1-5H3,(H,28,29). The topological polar surface area (TPSA) is 79.2 Å². The number of likely N-dealkylation sites (N-methyl/N-ethyl adjacent to an activating group) is 1. The van der Waals surface area contributed by atoms with E-state index in [0.29, 0.717) is 22.3 Å². The Hall–Kier alpha value is -3.06. The summed E-state index contributed by atoms with van der Waals surface area (Å²) in [6.07, 6.45) is 1.91. The van der Waals surface area contributed by atoms with E-state index in [1.165, 1.54) is 23.9 Å². The van der Waals surface area contributed by atoms with Crippen molar-refractivity contribution >= 4 is 40.6 Å². The molecule has 1 amide bonds. The van der Waals surface area contributed by atoms with Crippen LogP contribution in [0.4, 0.5) is 5.69 Å². The number of carboxylic acid groups (broad SMARTS) is 1. The molecule has 0 radical (unpaired) electrons. The second-order valence-corrected chi connectivity index (χ2v) is 8.52. The van der Waals surface area contributed by atoms with Crippen molar-refractivity contribution in [3.63, 3.8) is 0 Å².